The lowest BCUT2D eigenvalue weighted by Crippen LogP contribution is -2.38. The zero-order valence-electron chi connectivity index (χ0n) is 15.3. The average Bonchev–Trinajstić information content (AvgIpc) is 3.23. The van der Waals surface area contributed by atoms with Crippen molar-refractivity contribution in [1.29, 1.82) is 0 Å². The van der Waals surface area contributed by atoms with Crippen LogP contribution in [0.3, 0.4) is 0 Å². The maximum atomic E-state index is 11.9. The molecule has 0 radical (unpaired) electrons. The van der Waals surface area contributed by atoms with E-state index in [0.717, 1.165) is 61.8 Å². The molecule has 0 saturated carbocycles. The number of amides is 1. The molecule has 4 rings (SSSR count). The molecular formula is C20H25N5O. The number of likely N-dealkylation sites (tertiary alicyclic amines) is 1. The quantitative estimate of drug-likeness (QED) is 0.851. The highest BCUT2D eigenvalue weighted by Gasteiger charge is 2.28. The summed E-state index contributed by atoms with van der Waals surface area (Å²) in [6.07, 6.45) is 10.0. The second-order valence-electron chi connectivity index (χ2n) is 7.21. The van der Waals surface area contributed by atoms with E-state index in [1.807, 2.05) is 23.4 Å². The maximum Gasteiger partial charge on any atom is 0.225 e. The lowest BCUT2D eigenvalue weighted by atomic mass is 9.90. The Balaban J connectivity index is 1.73. The van der Waals surface area contributed by atoms with Gasteiger partial charge in [0, 0.05) is 68.7 Å². The normalized spacial score (nSPS) is 20.4. The number of anilines is 1. The number of aromatic nitrogens is 3. The van der Waals surface area contributed by atoms with Crippen molar-refractivity contribution in [3.8, 4) is 11.1 Å². The van der Waals surface area contributed by atoms with E-state index < -0.39 is 0 Å². The van der Waals surface area contributed by atoms with Gasteiger partial charge in [-0.2, -0.15) is 0 Å². The third kappa shape index (κ3) is 3.41. The number of carbonyl (C=O) groups excluding carboxylic acids is 1. The first kappa shape index (κ1) is 16.9. The van der Waals surface area contributed by atoms with Gasteiger partial charge in [-0.15, -0.1) is 0 Å². The molecule has 0 aliphatic carbocycles. The van der Waals surface area contributed by atoms with Crippen LogP contribution in [0, 0.1) is 0 Å². The van der Waals surface area contributed by atoms with Crippen LogP contribution in [0.2, 0.25) is 0 Å². The van der Waals surface area contributed by atoms with Crippen molar-refractivity contribution in [2.75, 3.05) is 31.1 Å². The van der Waals surface area contributed by atoms with Crippen LogP contribution in [-0.4, -0.2) is 51.9 Å². The van der Waals surface area contributed by atoms with E-state index in [1.165, 1.54) is 12.8 Å². The van der Waals surface area contributed by atoms with Crippen molar-refractivity contribution in [3.63, 3.8) is 0 Å². The topological polar surface area (TPSA) is 62.2 Å². The maximum absolute atomic E-state index is 11.9. The molecule has 2 aromatic heterocycles. The van der Waals surface area contributed by atoms with E-state index in [4.69, 9.17) is 4.98 Å². The highest BCUT2D eigenvalue weighted by molar-refractivity contribution is 5.73. The fourth-order valence-electron chi connectivity index (χ4n) is 4.00. The Labute approximate surface area is 154 Å². The van der Waals surface area contributed by atoms with Crippen LogP contribution in [0.5, 0.6) is 0 Å². The Kier molecular flexibility index (Phi) is 4.82. The van der Waals surface area contributed by atoms with Gasteiger partial charge in [0.1, 0.15) is 0 Å². The summed E-state index contributed by atoms with van der Waals surface area (Å²) < 4.78 is 0. The van der Waals surface area contributed by atoms with Crippen molar-refractivity contribution in [1.82, 2.24) is 19.9 Å². The molecule has 0 spiro atoms. The van der Waals surface area contributed by atoms with E-state index in [2.05, 4.69) is 20.9 Å². The van der Waals surface area contributed by atoms with Crippen molar-refractivity contribution >= 4 is 11.9 Å². The molecule has 0 unspecified atom stereocenters. The molecule has 1 atom stereocenters. The molecule has 6 heteroatoms. The second-order valence-corrected chi connectivity index (χ2v) is 7.21. The first-order valence-electron chi connectivity index (χ1n) is 9.50. The zero-order chi connectivity index (χ0) is 17.9. The van der Waals surface area contributed by atoms with Crippen LogP contribution < -0.4 is 4.90 Å². The fourth-order valence-corrected chi connectivity index (χ4v) is 4.00. The van der Waals surface area contributed by atoms with Gasteiger partial charge >= 0.3 is 0 Å². The van der Waals surface area contributed by atoms with Gasteiger partial charge in [-0.25, -0.2) is 9.97 Å². The van der Waals surface area contributed by atoms with Crippen molar-refractivity contribution in [2.45, 2.75) is 38.5 Å². The molecular weight excluding hydrogens is 326 g/mol. The van der Waals surface area contributed by atoms with Gasteiger partial charge in [-0.3, -0.25) is 9.78 Å². The Morgan fingerprint density at radius 1 is 1.15 bits per heavy atom. The summed E-state index contributed by atoms with van der Waals surface area (Å²) in [5.41, 5.74) is 3.13. The van der Waals surface area contributed by atoms with E-state index in [-0.39, 0.29) is 11.8 Å². The van der Waals surface area contributed by atoms with Gasteiger partial charge in [0.25, 0.3) is 0 Å². The van der Waals surface area contributed by atoms with Gasteiger partial charge < -0.3 is 9.80 Å². The summed E-state index contributed by atoms with van der Waals surface area (Å²) in [6, 6.07) is 3.99. The molecule has 0 bridgehead atoms. The predicted molar refractivity (Wildman–Crippen MR) is 101 cm³/mol. The van der Waals surface area contributed by atoms with Crippen LogP contribution in [0.15, 0.2) is 30.7 Å². The molecule has 2 fully saturated rings. The van der Waals surface area contributed by atoms with Gasteiger partial charge in [0.2, 0.25) is 11.9 Å². The first-order valence-corrected chi connectivity index (χ1v) is 9.50. The molecule has 136 valence electrons. The summed E-state index contributed by atoms with van der Waals surface area (Å²) >= 11 is 0. The minimum atomic E-state index is 0.145. The number of carbonyl (C=O) groups is 1. The molecule has 1 amide bonds. The van der Waals surface area contributed by atoms with Crippen LogP contribution in [-0.2, 0) is 4.79 Å². The lowest BCUT2D eigenvalue weighted by Gasteiger charge is -2.33. The smallest absolute Gasteiger partial charge is 0.225 e. The average molecular weight is 351 g/mol. The van der Waals surface area contributed by atoms with Crippen molar-refractivity contribution in [2.24, 2.45) is 0 Å². The highest BCUT2D eigenvalue weighted by atomic mass is 16.2. The summed E-state index contributed by atoms with van der Waals surface area (Å²) in [5.74, 6) is 1.21. The van der Waals surface area contributed by atoms with Crippen LogP contribution in [0.4, 0.5) is 5.95 Å². The summed E-state index contributed by atoms with van der Waals surface area (Å²) in [6.45, 7) is 5.28. The monoisotopic (exact) mass is 351 g/mol. The van der Waals surface area contributed by atoms with Gasteiger partial charge in [0.05, 0.1) is 5.69 Å². The van der Waals surface area contributed by atoms with Crippen LogP contribution in [0.25, 0.3) is 11.1 Å². The SMILES string of the molecule is CC(=O)N1CCC[C@H](c2nc(N3CCCC3)ncc2-c2cccnc2)C1. The zero-order valence-corrected chi connectivity index (χ0v) is 15.3. The van der Waals surface area contributed by atoms with E-state index in [1.54, 1.807) is 13.1 Å². The van der Waals surface area contributed by atoms with E-state index in [9.17, 15) is 4.79 Å². The highest BCUT2D eigenvalue weighted by Crippen LogP contribution is 2.34. The lowest BCUT2D eigenvalue weighted by molar-refractivity contribution is -0.130. The van der Waals surface area contributed by atoms with E-state index >= 15 is 0 Å². The molecule has 4 heterocycles. The number of hydrogen-bond acceptors (Lipinski definition) is 5. The van der Waals surface area contributed by atoms with Crippen LogP contribution in [0.1, 0.15) is 44.2 Å². The second kappa shape index (κ2) is 7.40. The molecule has 2 aliphatic rings. The molecule has 2 aliphatic heterocycles. The number of pyridine rings is 1. The third-order valence-corrected chi connectivity index (χ3v) is 5.42. The standard InChI is InChI=1S/C20H25N5O/c1-15(26)25-11-5-7-17(14-25)19-18(16-6-4-8-21-12-16)13-22-20(23-19)24-9-2-3-10-24/h4,6,8,12-13,17H,2-3,5,7,9-11,14H2,1H3/t17-/m0/s1. The largest absolute Gasteiger partial charge is 0.342 e. The summed E-state index contributed by atoms with van der Waals surface area (Å²) in [4.78, 5) is 30.0. The Hall–Kier alpha value is -2.50. The number of rotatable bonds is 3. The Morgan fingerprint density at radius 2 is 2.00 bits per heavy atom. The molecule has 0 N–H and O–H groups in total. The summed E-state index contributed by atoms with van der Waals surface area (Å²) in [7, 11) is 0. The van der Waals surface area contributed by atoms with Crippen molar-refractivity contribution < 1.29 is 4.79 Å². The minimum Gasteiger partial charge on any atom is -0.342 e. The number of hydrogen-bond donors (Lipinski definition) is 0. The molecule has 26 heavy (non-hydrogen) atoms. The summed E-state index contributed by atoms with van der Waals surface area (Å²) in [5, 5.41) is 0. The Bertz CT molecular complexity index is 773. The fraction of sp³-hybridized carbons (Fsp3) is 0.500. The molecule has 0 aromatic carbocycles. The Morgan fingerprint density at radius 3 is 2.73 bits per heavy atom. The molecule has 2 saturated heterocycles. The number of piperidine rings is 1. The molecule has 6 nitrogen and oxygen atoms in total. The van der Waals surface area contributed by atoms with E-state index in [0.29, 0.717) is 0 Å². The van der Waals surface area contributed by atoms with Gasteiger partial charge in [-0.1, -0.05) is 6.07 Å². The van der Waals surface area contributed by atoms with Gasteiger partial charge in [0.15, 0.2) is 0 Å². The van der Waals surface area contributed by atoms with Crippen molar-refractivity contribution in [3.05, 3.63) is 36.4 Å². The predicted octanol–water partition coefficient (Wildman–Crippen LogP) is 2.86. The molecule has 2 aromatic rings. The minimum absolute atomic E-state index is 0.145. The van der Waals surface area contributed by atoms with Gasteiger partial charge in [-0.05, 0) is 31.7 Å². The first-order chi connectivity index (χ1) is 12.7. The van der Waals surface area contributed by atoms with Crippen LogP contribution >= 0.6 is 0 Å². The third-order valence-electron chi connectivity index (χ3n) is 5.42. The number of nitrogens with zero attached hydrogens (tertiary/aromatic N) is 5.